The lowest BCUT2D eigenvalue weighted by atomic mass is 10.0. The number of hydrogen-bond donors (Lipinski definition) is 2. The van der Waals surface area contributed by atoms with Crippen LogP contribution in [0.2, 0.25) is 0 Å². The molecule has 5 nitrogen and oxygen atoms in total. The van der Waals surface area contributed by atoms with Crippen molar-refractivity contribution in [2.45, 2.75) is 19.4 Å². The maximum atomic E-state index is 9.74. The van der Waals surface area contributed by atoms with Crippen molar-refractivity contribution >= 4 is 22.4 Å². The van der Waals surface area contributed by atoms with Crippen molar-refractivity contribution in [3.8, 4) is 11.1 Å². The average Bonchev–Trinajstić information content (AvgIpc) is 3.06. The van der Waals surface area contributed by atoms with Crippen LogP contribution in [0.25, 0.3) is 11.1 Å². The second-order valence-corrected chi connectivity index (χ2v) is 5.97. The predicted octanol–water partition coefficient (Wildman–Crippen LogP) is 1.99. The average molecular weight is 290 g/mol. The first-order chi connectivity index (χ1) is 9.66. The molecule has 2 aromatic rings. The van der Waals surface area contributed by atoms with Gasteiger partial charge in [-0.1, -0.05) is 0 Å². The number of anilines is 2. The summed E-state index contributed by atoms with van der Waals surface area (Å²) in [5.41, 5.74) is 8.07. The van der Waals surface area contributed by atoms with Crippen molar-refractivity contribution in [1.82, 2.24) is 9.36 Å². The Balaban J connectivity index is 1.93. The van der Waals surface area contributed by atoms with Crippen molar-refractivity contribution in [1.29, 1.82) is 0 Å². The SMILES string of the molecule is CC(O)C1CCN(c2snc(N)c2-c2ccncc2)C1. The summed E-state index contributed by atoms with van der Waals surface area (Å²) in [6.45, 7) is 3.66. The minimum Gasteiger partial charge on any atom is -0.393 e. The van der Waals surface area contributed by atoms with Crippen molar-refractivity contribution in [3.63, 3.8) is 0 Å². The standard InChI is InChI=1S/C14H18N4OS/c1-9(19)11-4-7-18(8-11)14-12(13(15)17-20-14)10-2-5-16-6-3-10/h2-3,5-6,9,11,19H,4,7-8H2,1H3,(H2,15,17). The highest BCUT2D eigenvalue weighted by Crippen LogP contribution is 2.41. The quantitative estimate of drug-likeness (QED) is 0.904. The van der Waals surface area contributed by atoms with Crippen LogP contribution in [-0.2, 0) is 0 Å². The van der Waals surface area contributed by atoms with Gasteiger partial charge in [0.25, 0.3) is 0 Å². The van der Waals surface area contributed by atoms with Gasteiger partial charge in [-0.15, -0.1) is 0 Å². The van der Waals surface area contributed by atoms with Gasteiger partial charge in [-0.25, -0.2) is 0 Å². The minimum absolute atomic E-state index is 0.269. The minimum atomic E-state index is -0.269. The third kappa shape index (κ3) is 2.36. The first-order valence-electron chi connectivity index (χ1n) is 6.75. The number of aromatic nitrogens is 2. The monoisotopic (exact) mass is 290 g/mol. The molecule has 3 rings (SSSR count). The molecule has 0 aliphatic carbocycles. The smallest absolute Gasteiger partial charge is 0.147 e. The lowest BCUT2D eigenvalue weighted by molar-refractivity contribution is 0.136. The summed E-state index contributed by atoms with van der Waals surface area (Å²) in [5, 5.41) is 10.8. The fourth-order valence-corrected chi connectivity index (χ4v) is 3.54. The number of nitrogens with zero attached hydrogens (tertiary/aromatic N) is 3. The first-order valence-corrected chi connectivity index (χ1v) is 7.52. The maximum Gasteiger partial charge on any atom is 0.147 e. The Labute approximate surface area is 122 Å². The van der Waals surface area contributed by atoms with Gasteiger partial charge in [0, 0.05) is 31.4 Å². The van der Waals surface area contributed by atoms with E-state index in [9.17, 15) is 5.11 Å². The molecule has 0 spiro atoms. The van der Waals surface area contributed by atoms with Crippen LogP contribution in [0.1, 0.15) is 13.3 Å². The topological polar surface area (TPSA) is 75.3 Å². The van der Waals surface area contributed by atoms with Gasteiger partial charge >= 0.3 is 0 Å². The summed E-state index contributed by atoms with van der Waals surface area (Å²) in [6, 6.07) is 3.90. The molecule has 1 fully saturated rings. The molecule has 0 bridgehead atoms. The molecule has 106 valence electrons. The van der Waals surface area contributed by atoms with E-state index in [0.717, 1.165) is 35.6 Å². The van der Waals surface area contributed by atoms with E-state index < -0.39 is 0 Å². The van der Waals surface area contributed by atoms with Crippen LogP contribution in [0.5, 0.6) is 0 Å². The van der Waals surface area contributed by atoms with Gasteiger partial charge in [0.15, 0.2) is 0 Å². The van der Waals surface area contributed by atoms with Gasteiger partial charge < -0.3 is 15.7 Å². The Morgan fingerprint density at radius 3 is 2.85 bits per heavy atom. The molecule has 2 atom stereocenters. The van der Waals surface area contributed by atoms with Gasteiger partial charge in [-0.3, -0.25) is 4.98 Å². The second-order valence-electron chi connectivity index (χ2n) is 5.22. The van der Waals surface area contributed by atoms with E-state index in [-0.39, 0.29) is 6.10 Å². The van der Waals surface area contributed by atoms with Gasteiger partial charge in [0.1, 0.15) is 10.8 Å². The molecular formula is C14H18N4OS. The van der Waals surface area contributed by atoms with Crippen LogP contribution in [-0.4, -0.2) is 33.7 Å². The summed E-state index contributed by atoms with van der Waals surface area (Å²) in [4.78, 5) is 6.32. The molecule has 2 aromatic heterocycles. The molecule has 3 N–H and O–H groups in total. The molecule has 2 unspecified atom stereocenters. The Bertz CT molecular complexity index is 584. The van der Waals surface area contributed by atoms with E-state index in [0.29, 0.717) is 11.7 Å². The van der Waals surface area contributed by atoms with Gasteiger partial charge in [0.2, 0.25) is 0 Å². The molecule has 1 aliphatic rings. The summed E-state index contributed by atoms with van der Waals surface area (Å²) < 4.78 is 4.30. The molecule has 0 amide bonds. The Morgan fingerprint density at radius 1 is 1.45 bits per heavy atom. The first kappa shape index (κ1) is 13.3. The van der Waals surface area contributed by atoms with E-state index in [2.05, 4.69) is 14.3 Å². The zero-order valence-corrected chi connectivity index (χ0v) is 12.2. The molecule has 6 heteroatoms. The zero-order chi connectivity index (χ0) is 14.1. The summed E-state index contributed by atoms with van der Waals surface area (Å²) in [7, 11) is 0. The van der Waals surface area contributed by atoms with Crippen LogP contribution in [0.4, 0.5) is 10.8 Å². The number of aliphatic hydroxyl groups excluding tert-OH is 1. The second kappa shape index (κ2) is 5.38. The summed E-state index contributed by atoms with van der Waals surface area (Å²) in [6.07, 6.45) is 4.26. The molecular weight excluding hydrogens is 272 g/mol. The number of hydrogen-bond acceptors (Lipinski definition) is 6. The highest BCUT2D eigenvalue weighted by molar-refractivity contribution is 7.11. The molecule has 20 heavy (non-hydrogen) atoms. The van der Waals surface area contributed by atoms with E-state index in [1.807, 2.05) is 19.1 Å². The van der Waals surface area contributed by atoms with Gasteiger partial charge in [-0.2, -0.15) is 4.37 Å². The number of pyridine rings is 1. The van der Waals surface area contributed by atoms with Gasteiger partial charge in [-0.05, 0) is 42.6 Å². The van der Waals surface area contributed by atoms with Crippen molar-refractivity contribution < 1.29 is 5.11 Å². The molecule has 1 saturated heterocycles. The van der Waals surface area contributed by atoms with Crippen LogP contribution < -0.4 is 10.6 Å². The number of aliphatic hydroxyl groups is 1. The van der Waals surface area contributed by atoms with Crippen LogP contribution in [0.3, 0.4) is 0 Å². The molecule has 1 aliphatic heterocycles. The number of nitrogens with two attached hydrogens (primary N) is 1. The number of rotatable bonds is 3. The summed E-state index contributed by atoms with van der Waals surface area (Å²) >= 11 is 1.43. The largest absolute Gasteiger partial charge is 0.393 e. The molecule has 0 radical (unpaired) electrons. The van der Waals surface area contributed by atoms with E-state index in [1.54, 1.807) is 12.4 Å². The Hall–Kier alpha value is -1.66. The zero-order valence-electron chi connectivity index (χ0n) is 11.4. The van der Waals surface area contributed by atoms with Crippen LogP contribution in [0, 0.1) is 5.92 Å². The number of nitrogen functional groups attached to an aromatic ring is 1. The molecule has 0 aromatic carbocycles. The highest BCUT2D eigenvalue weighted by Gasteiger charge is 2.29. The lowest BCUT2D eigenvalue weighted by Gasteiger charge is -2.19. The third-order valence-corrected chi connectivity index (χ3v) is 4.79. The van der Waals surface area contributed by atoms with Crippen LogP contribution >= 0.6 is 11.5 Å². The Morgan fingerprint density at radius 2 is 2.20 bits per heavy atom. The summed E-state index contributed by atoms with van der Waals surface area (Å²) in [5.74, 6) is 0.889. The third-order valence-electron chi connectivity index (χ3n) is 3.86. The van der Waals surface area contributed by atoms with Crippen LogP contribution in [0.15, 0.2) is 24.5 Å². The maximum absolute atomic E-state index is 9.74. The van der Waals surface area contributed by atoms with Crippen molar-refractivity contribution in [2.24, 2.45) is 5.92 Å². The van der Waals surface area contributed by atoms with E-state index >= 15 is 0 Å². The van der Waals surface area contributed by atoms with E-state index in [1.165, 1.54) is 11.5 Å². The molecule has 3 heterocycles. The fraction of sp³-hybridized carbons (Fsp3) is 0.429. The van der Waals surface area contributed by atoms with Crippen molar-refractivity contribution in [2.75, 3.05) is 23.7 Å². The highest BCUT2D eigenvalue weighted by atomic mass is 32.1. The molecule has 0 saturated carbocycles. The normalized spacial score (nSPS) is 20.3. The lowest BCUT2D eigenvalue weighted by Crippen LogP contribution is -2.23. The Kier molecular flexibility index (Phi) is 3.58. The fourth-order valence-electron chi connectivity index (χ4n) is 2.66. The van der Waals surface area contributed by atoms with E-state index in [4.69, 9.17) is 5.73 Å². The van der Waals surface area contributed by atoms with Gasteiger partial charge in [0.05, 0.1) is 11.7 Å². The predicted molar refractivity (Wildman–Crippen MR) is 81.8 cm³/mol. The van der Waals surface area contributed by atoms with Crippen molar-refractivity contribution in [3.05, 3.63) is 24.5 Å².